The zero-order valence-electron chi connectivity index (χ0n) is 14.7. The smallest absolute Gasteiger partial charge is 0.248 e. The molecule has 0 aliphatic heterocycles. The van der Waals surface area contributed by atoms with Crippen LogP contribution in [0.25, 0.3) is 0 Å². The Balaban J connectivity index is 2.38. The Bertz CT molecular complexity index is 916. The molecule has 0 unspecified atom stereocenters. The van der Waals surface area contributed by atoms with Gasteiger partial charge in [0.1, 0.15) is 6.04 Å². The summed E-state index contributed by atoms with van der Waals surface area (Å²) in [5, 5.41) is 3.38. The summed E-state index contributed by atoms with van der Waals surface area (Å²) in [5.41, 5.74) is 1.79. The van der Waals surface area contributed by atoms with Gasteiger partial charge in [-0.2, -0.15) is 0 Å². The molecule has 0 fully saturated rings. The molecule has 0 saturated carbocycles. The summed E-state index contributed by atoms with van der Waals surface area (Å²) in [6.07, 6.45) is 1.39. The first kappa shape index (κ1) is 20.6. The minimum absolute atomic E-state index is 0.300. The maximum atomic E-state index is 12.8. The van der Waals surface area contributed by atoms with Crippen LogP contribution in [-0.4, -0.2) is 26.6 Å². The lowest BCUT2D eigenvalue weighted by atomic mass is 10.1. The molecule has 0 radical (unpaired) electrons. The first-order chi connectivity index (χ1) is 12.1. The van der Waals surface area contributed by atoms with E-state index in [0.717, 1.165) is 16.1 Å². The molecule has 140 valence electrons. The molecule has 1 amide bonds. The number of anilines is 2. The van der Waals surface area contributed by atoms with Gasteiger partial charge in [0.2, 0.25) is 15.9 Å². The van der Waals surface area contributed by atoms with Crippen LogP contribution in [0.4, 0.5) is 11.4 Å². The molecule has 0 aliphatic rings. The van der Waals surface area contributed by atoms with Gasteiger partial charge < -0.3 is 5.32 Å². The average molecular weight is 415 g/mol. The number of amides is 1. The molecule has 5 nitrogen and oxygen atoms in total. The van der Waals surface area contributed by atoms with E-state index in [1.54, 1.807) is 37.3 Å². The molecular formula is C18H20Cl2N2O3S. The van der Waals surface area contributed by atoms with Crippen LogP contribution < -0.4 is 9.62 Å². The summed E-state index contributed by atoms with van der Waals surface area (Å²) in [5.74, 6) is -0.446. The van der Waals surface area contributed by atoms with Crippen molar-refractivity contribution in [3.8, 4) is 0 Å². The summed E-state index contributed by atoms with van der Waals surface area (Å²) in [4.78, 5) is 12.8. The Morgan fingerprint density at radius 3 is 2.38 bits per heavy atom. The van der Waals surface area contributed by atoms with Crippen molar-refractivity contribution in [3.05, 3.63) is 58.1 Å². The van der Waals surface area contributed by atoms with Gasteiger partial charge in [-0.1, -0.05) is 42.3 Å². The van der Waals surface area contributed by atoms with E-state index in [1.165, 1.54) is 6.07 Å². The minimum Gasteiger partial charge on any atom is -0.324 e. The van der Waals surface area contributed by atoms with Gasteiger partial charge in [0, 0.05) is 5.69 Å². The highest BCUT2D eigenvalue weighted by Crippen LogP contribution is 2.27. The first-order valence-electron chi connectivity index (χ1n) is 7.95. The molecule has 0 aliphatic carbocycles. The fourth-order valence-corrected chi connectivity index (χ4v) is 4.13. The van der Waals surface area contributed by atoms with E-state index >= 15 is 0 Å². The predicted octanol–water partition coefficient (Wildman–Crippen LogP) is 4.49. The second kappa shape index (κ2) is 8.29. The second-order valence-electron chi connectivity index (χ2n) is 5.94. The van der Waals surface area contributed by atoms with Gasteiger partial charge in [-0.3, -0.25) is 9.10 Å². The average Bonchev–Trinajstić information content (AvgIpc) is 2.54. The molecule has 2 aromatic rings. The van der Waals surface area contributed by atoms with Gasteiger partial charge in [-0.15, -0.1) is 0 Å². The number of hydrogen-bond donors (Lipinski definition) is 1. The number of carbonyl (C=O) groups is 1. The van der Waals surface area contributed by atoms with Crippen LogP contribution in [-0.2, 0) is 14.8 Å². The Hall–Kier alpha value is -1.76. The quantitative estimate of drug-likeness (QED) is 0.756. The minimum atomic E-state index is -3.67. The Kier molecular flexibility index (Phi) is 6.55. The van der Waals surface area contributed by atoms with Crippen molar-refractivity contribution in [2.75, 3.05) is 15.9 Å². The van der Waals surface area contributed by atoms with Crippen LogP contribution in [0.3, 0.4) is 0 Å². The van der Waals surface area contributed by atoms with Crippen molar-refractivity contribution in [2.24, 2.45) is 0 Å². The molecule has 0 spiro atoms. The number of sulfonamides is 1. The maximum absolute atomic E-state index is 12.8. The van der Waals surface area contributed by atoms with Crippen LogP contribution in [0.1, 0.15) is 18.9 Å². The largest absolute Gasteiger partial charge is 0.324 e. The number of nitrogens with one attached hydrogen (secondary N) is 1. The fourth-order valence-electron chi connectivity index (χ4n) is 2.62. The lowest BCUT2D eigenvalue weighted by Crippen LogP contribution is -2.47. The van der Waals surface area contributed by atoms with E-state index in [4.69, 9.17) is 23.2 Å². The highest BCUT2D eigenvalue weighted by molar-refractivity contribution is 7.92. The molecule has 0 heterocycles. The molecule has 1 N–H and O–H groups in total. The van der Waals surface area contributed by atoms with Crippen molar-refractivity contribution >= 4 is 50.5 Å². The fraction of sp³-hybridized carbons (Fsp3) is 0.278. The number of carbonyl (C=O) groups excluding carboxylic acids is 1. The molecule has 2 aromatic carbocycles. The summed E-state index contributed by atoms with van der Waals surface area (Å²) in [6.45, 7) is 3.62. The number of halogens is 2. The summed E-state index contributed by atoms with van der Waals surface area (Å²) in [6, 6.07) is 10.8. The number of rotatable bonds is 6. The summed E-state index contributed by atoms with van der Waals surface area (Å²) < 4.78 is 26.0. The lowest BCUT2D eigenvalue weighted by molar-refractivity contribution is -0.117. The van der Waals surface area contributed by atoms with Gasteiger partial charge in [0.15, 0.2) is 0 Å². The van der Waals surface area contributed by atoms with Crippen LogP contribution in [0.15, 0.2) is 42.5 Å². The van der Waals surface area contributed by atoms with Gasteiger partial charge in [-0.25, -0.2) is 8.42 Å². The molecule has 0 bridgehead atoms. The number of benzene rings is 2. The summed E-state index contributed by atoms with van der Waals surface area (Å²) >= 11 is 11.8. The zero-order valence-corrected chi connectivity index (χ0v) is 17.0. The monoisotopic (exact) mass is 414 g/mol. The zero-order chi connectivity index (χ0) is 19.5. The van der Waals surface area contributed by atoms with E-state index in [-0.39, 0.29) is 0 Å². The van der Waals surface area contributed by atoms with Crippen molar-refractivity contribution in [1.29, 1.82) is 0 Å². The number of aryl methyl sites for hydroxylation is 1. The first-order valence-corrected chi connectivity index (χ1v) is 10.6. The van der Waals surface area contributed by atoms with E-state index < -0.39 is 22.0 Å². The highest BCUT2D eigenvalue weighted by atomic mass is 35.5. The van der Waals surface area contributed by atoms with Crippen molar-refractivity contribution in [3.63, 3.8) is 0 Å². The third-order valence-electron chi connectivity index (χ3n) is 3.77. The second-order valence-corrected chi connectivity index (χ2v) is 8.61. The standard InChI is InChI=1S/C18H20Cl2N2O3S/c1-4-17(18(23)21-13-8-9-15(19)16(20)11-13)22(26(3,24)25)14-7-5-6-12(2)10-14/h5-11,17H,4H2,1-3H3,(H,21,23)/t17-/m1/s1. The van der Waals surface area contributed by atoms with Crippen molar-refractivity contribution in [1.82, 2.24) is 0 Å². The van der Waals surface area contributed by atoms with E-state index in [0.29, 0.717) is 27.8 Å². The topological polar surface area (TPSA) is 66.5 Å². The number of hydrogen-bond acceptors (Lipinski definition) is 3. The normalized spacial score (nSPS) is 12.5. The maximum Gasteiger partial charge on any atom is 0.248 e. The molecule has 0 saturated heterocycles. The molecule has 26 heavy (non-hydrogen) atoms. The van der Waals surface area contributed by atoms with Gasteiger partial charge in [-0.05, 0) is 49.2 Å². The van der Waals surface area contributed by atoms with Crippen molar-refractivity contribution in [2.45, 2.75) is 26.3 Å². The molecule has 2 rings (SSSR count). The van der Waals surface area contributed by atoms with Crippen LogP contribution in [0, 0.1) is 6.92 Å². The Morgan fingerprint density at radius 2 is 1.85 bits per heavy atom. The van der Waals surface area contributed by atoms with Gasteiger partial charge in [0.05, 0.1) is 22.0 Å². The summed E-state index contributed by atoms with van der Waals surface area (Å²) in [7, 11) is -3.67. The van der Waals surface area contributed by atoms with E-state index in [9.17, 15) is 13.2 Å². The van der Waals surface area contributed by atoms with Crippen molar-refractivity contribution < 1.29 is 13.2 Å². The van der Waals surface area contributed by atoms with Gasteiger partial charge >= 0.3 is 0 Å². The number of nitrogens with zero attached hydrogens (tertiary/aromatic N) is 1. The van der Waals surface area contributed by atoms with Gasteiger partial charge in [0.25, 0.3) is 0 Å². The van der Waals surface area contributed by atoms with E-state index in [1.807, 2.05) is 13.0 Å². The molecule has 1 atom stereocenters. The van der Waals surface area contributed by atoms with E-state index in [2.05, 4.69) is 5.32 Å². The Morgan fingerprint density at radius 1 is 1.15 bits per heavy atom. The molecule has 8 heteroatoms. The molecule has 0 aromatic heterocycles. The third kappa shape index (κ3) is 4.90. The SMILES string of the molecule is CC[C@H](C(=O)Nc1ccc(Cl)c(Cl)c1)N(c1cccc(C)c1)S(C)(=O)=O. The third-order valence-corrected chi connectivity index (χ3v) is 5.69. The highest BCUT2D eigenvalue weighted by Gasteiger charge is 2.31. The predicted molar refractivity (Wildman–Crippen MR) is 108 cm³/mol. The molecular weight excluding hydrogens is 395 g/mol. The van der Waals surface area contributed by atoms with Crippen LogP contribution in [0.2, 0.25) is 10.0 Å². The Labute approximate surface area is 164 Å². The van der Waals surface area contributed by atoms with Crippen LogP contribution >= 0.6 is 23.2 Å². The van der Waals surface area contributed by atoms with Crippen LogP contribution in [0.5, 0.6) is 0 Å². The lowest BCUT2D eigenvalue weighted by Gasteiger charge is -2.30.